The average Bonchev–Trinajstić information content (AvgIpc) is 2.94. The lowest BCUT2D eigenvalue weighted by Crippen LogP contribution is -2.26. The van der Waals surface area contributed by atoms with E-state index in [0.29, 0.717) is 11.4 Å². The summed E-state index contributed by atoms with van der Waals surface area (Å²) < 4.78 is 22.2. The van der Waals surface area contributed by atoms with Gasteiger partial charge in [0.05, 0.1) is 6.42 Å². The number of rotatable bonds is 6. The molecule has 0 spiro atoms. The second kappa shape index (κ2) is 5.59. The van der Waals surface area contributed by atoms with E-state index in [1.165, 1.54) is 18.9 Å². The van der Waals surface area contributed by atoms with E-state index in [1.54, 1.807) is 6.07 Å². The van der Waals surface area contributed by atoms with Crippen molar-refractivity contribution in [1.29, 1.82) is 0 Å². The summed E-state index contributed by atoms with van der Waals surface area (Å²) >= 11 is 1.04. The molecule has 2 rings (SSSR count). The molecule has 1 N–H and O–H groups in total. The van der Waals surface area contributed by atoms with Crippen LogP contribution < -0.4 is 5.32 Å². The van der Waals surface area contributed by atoms with Crippen molar-refractivity contribution in [3.05, 3.63) is 17.0 Å². The van der Waals surface area contributed by atoms with Gasteiger partial charge in [0.25, 0.3) is 9.05 Å². The molecule has 0 saturated heterocycles. The fraction of sp³-hybridized carbons (Fsp3) is 0.545. The van der Waals surface area contributed by atoms with Gasteiger partial charge in [-0.25, -0.2) is 8.42 Å². The average molecular weight is 308 g/mol. The Kier molecular flexibility index (Phi) is 4.29. The monoisotopic (exact) mass is 307 g/mol. The molecule has 1 heterocycles. The van der Waals surface area contributed by atoms with Gasteiger partial charge in [0.1, 0.15) is 4.21 Å². The predicted molar refractivity (Wildman–Crippen MR) is 71.4 cm³/mol. The highest BCUT2D eigenvalue weighted by Gasteiger charge is 2.20. The van der Waals surface area contributed by atoms with Crippen LogP contribution in [0.4, 0.5) is 0 Å². The third-order valence-corrected chi connectivity index (χ3v) is 5.96. The minimum absolute atomic E-state index is 0.0731. The van der Waals surface area contributed by atoms with E-state index in [-0.39, 0.29) is 16.5 Å². The molecule has 1 aromatic rings. The zero-order valence-corrected chi connectivity index (χ0v) is 12.1. The van der Waals surface area contributed by atoms with E-state index in [1.807, 2.05) is 0 Å². The van der Waals surface area contributed by atoms with Crippen LogP contribution in [0.3, 0.4) is 0 Å². The molecule has 0 bridgehead atoms. The Hall–Kier alpha value is -0.590. The number of halogens is 1. The van der Waals surface area contributed by atoms with Crippen molar-refractivity contribution in [2.45, 2.75) is 29.9 Å². The SMILES string of the molecule is O=C(Cc1ccc(S(=O)(=O)Cl)s1)NCCC1CC1. The Bertz CT molecular complexity index is 534. The number of carbonyl (C=O) groups excluding carboxylic acids is 1. The largest absolute Gasteiger partial charge is 0.356 e. The van der Waals surface area contributed by atoms with Gasteiger partial charge in [0.15, 0.2) is 0 Å². The molecule has 4 nitrogen and oxygen atoms in total. The molecule has 1 amide bonds. The van der Waals surface area contributed by atoms with Gasteiger partial charge >= 0.3 is 0 Å². The van der Waals surface area contributed by atoms with Gasteiger partial charge in [-0.05, 0) is 24.5 Å². The summed E-state index contributed by atoms with van der Waals surface area (Å²) in [5, 5.41) is 2.84. The van der Waals surface area contributed by atoms with Crippen LogP contribution in [0.1, 0.15) is 24.1 Å². The highest BCUT2D eigenvalue weighted by molar-refractivity contribution is 8.15. The predicted octanol–water partition coefficient (Wildman–Crippen LogP) is 2.13. The summed E-state index contributed by atoms with van der Waals surface area (Å²) in [6.07, 6.45) is 3.80. The minimum atomic E-state index is -3.68. The second-order valence-electron chi connectivity index (χ2n) is 4.42. The van der Waals surface area contributed by atoms with E-state index in [4.69, 9.17) is 10.7 Å². The Morgan fingerprint density at radius 1 is 1.44 bits per heavy atom. The quantitative estimate of drug-likeness (QED) is 0.819. The molecule has 0 unspecified atom stereocenters. The highest BCUT2D eigenvalue weighted by Crippen LogP contribution is 2.31. The van der Waals surface area contributed by atoms with Gasteiger partial charge in [-0.1, -0.05) is 12.8 Å². The summed E-state index contributed by atoms with van der Waals surface area (Å²) in [5.74, 6) is 0.719. The summed E-state index contributed by atoms with van der Waals surface area (Å²) in [4.78, 5) is 12.3. The summed E-state index contributed by atoms with van der Waals surface area (Å²) in [5.41, 5.74) is 0. The molecule has 0 atom stereocenters. The third-order valence-electron chi connectivity index (χ3n) is 2.78. The summed E-state index contributed by atoms with van der Waals surface area (Å²) in [6.45, 7) is 0.704. The number of hydrogen-bond acceptors (Lipinski definition) is 4. The standard InChI is InChI=1S/C11H14ClNO3S2/c12-18(15,16)11-4-3-9(17-11)7-10(14)13-6-5-8-1-2-8/h3-4,8H,1-2,5-7H2,(H,13,14). The Labute approximate surface area is 115 Å². The number of carbonyl (C=O) groups is 1. The molecule has 18 heavy (non-hydrogen) atoms. The van der Waals surface area contributed by atoms with Crippen LogP contribution >= 0.6 is 22.0 Å². The first-order chi connectivity index (χ1) is 8.45. The van der Waals surface area contributed by atoms with Crippen molar-refractivity contribution in [3.63, 3.8) is 0 Å². The first kappa shape index (κ1) is 13.8. The molecule has 1 fully saturated rings. The first-order valence-corrected chi connectivity index (χ1v) is 8.88. The molecule has 1 aliphatic carbocycles. The molecule has 1 saturated carbocycles. The van der Waals surface area contributed by atoms with Crippen LogP contribution in [0, 0.1) is 5.92 Å². The molecule has 100 valence electrons. The highest BCUT2D eigenvalue weighted by atomic mass is 35.7. The van der Waals surface area contributed by atoms with Gasteiger partial charge in [-0.2, -0.15) is 0 Å². The second-order valence-corrected chi connectivity index (χ2v) is 8.38. The minimum Gasteiger partial charge on any atom is -0.356 e. The lowest BCUT2D eigenvalue weighted by Gasteiger charge is -2.02. The maximum absolute atomic E-state index is 11.6. The van der Waals surface area contributed by atoms with Crippen molar-refractivity contribution in [3.8, 4) is 0 Å². The van der Waals surface area contributed by atoms with E-state index in [2.05, 4.69) is 5.32 Å². The first-order valence-electron chi connectivity index (χ1n) is 5.75. The van der Waals surface area contributed by atoms with Crippen molar-refractivity contribution >= 4 is 37.0 Å². The van der Waals surface area contributed by atoms with Crippen LogP contribution in [-0.2, 0) is 20.3 Å². The normalized spacial score (nSPS) is 15.6. The van der Waals surface area contributed by atoms with Crippen molar-refractivity contribution in [2.75, 3.05) is 6.54 Å². The van der Waals surface area contributed by atoms with E-state index in [9.17, 15) is 13.2 Å². The molecule has 0 aromatic carbocycles. The van der Waals surface area contributed by atoms with Crippen LogP contribution in [0.2, 0.25) is 0 Å². The van der Waals surface area contributed by atoms with Crippen molar-refractivity contribution in [2.24, 2.45) is 5.92 Å². The zero-order chi connectivity index (χ0) is 13.2. The van der Waals surface area contributed by atoms with Gasteiger partial charge in [0, 0.05) is 22.1 Å². The Morgan fingerprint density at radius 3 is 2.72 bits per heavy atom. The van der Waals surface area contributed by atoms with Crippen LogP contribution in [-0.4, -0.2) is 20.9 Å². The van der Waals surface area contributed by atoms with Gasteiger partial charge in [-0.3, -0.25) is 4.79 Å². The van der Waals surface area contributed by atoms with Crippen LogP contribution in [0.15, 0.2) is 16.3 Å². The Morgan fingerprint density at radius 2 is 2.17 bits per heavy atom. The van der Waals surface area contributed by atoms with Crippen LogP contribution in [0.25, 0.3) is 0 Å². The molecule has 1 aliphatic rings. The third kappa shape index (κ3) is 4.26. The number of thiophene rings is 1. The fourth-order valence-corrected chi connectivity index (χ4v) is 3.75. The zero-order valence-electron chi connectivity index (χ0n) is 9.69. The lowest BCUT2D eigenvalue weighted by molar-refractivity contribution is -0.120. The molecule has 7 heteroatoms. The smallest absolute Gasteiger partial charge is 0.270 e. The van der Waals surface area contributed by atoms with Gasteiger partial charge in [-0.15, -0.1) is 11.3 Å². The molecule has 0 aliphatic heterocycles. The number of amides is 1. The molecular weight excluding hydrogens is 294 g/mol. The number of hydrogen-bond donors (Lipinski definition) is 1. The maximum atomic E-state index is 11.6. The van der Waals surface area contributed by atoms with Crippen molar-refractivity contribution in [1.82, 2.24) is 5.32 Å². The van der Waals surface area contributed by atoms with Crippen LogP contribution in [0.5, 0.6) is 0 Å². The number of nitrogens with one attached hydrogen (secondary N) is 1. The van der Waals surface area contributed by atoms with Gasteiger partial charge in [0.2, 0.25) is 5.91 Å². The van der Waals surface area contributed by atoms with Crippen molar-refractivity contribution < 1.29 is 13.2 Å². The fourth-order valence-electron chi connectivity index (χ4n) is 1.63. The molecular formula is C11H14ClNO3S2. The lowest BCUT2D eigenvalue weighted by atomic mass is 10.3. The van der Waals surface area contributed by atoms with E-state index in [0.717, 1.165) is 23.7 Å². The summed E-state index contributed by atoms with van der Waals surface area (Å²) in [6, 6.07) is 3.06. The molecule has 1 aromatic heterocycles. The molecule has 0 radical (unpaired) electrons. The van der Waals surface area contributed by atoms with Gasteiger partial charge < -0.3 is 5.32 Å². The Balaban J connectivity index is 1.80. The topological polar surface area (TPSA) is 63.2 Å². The van der Waals surface area contributed by atoms with E-state index < -0.39 is 9.05 Å². The summed E-state index contributed by atoms with van der Waals surface area (Å²) in [7, 11) is 1.54. The van der Waals surface area contributed by atoms with E-state index >= 15 is 0 Å². The maximum Gasteiger partial charge on any atom is 0.270 e.